The van der Waals surface area contributed by atoms with Gasteiger partial charge in [-0.1, -0.05) is 25.8 Å². The van der Waals surface area contributed by atoms with Crippen molar-refractivity contribution in [1.82, 2.24) is 10.6 Å². The summed E-state index contributed by atoms with van der Waals surface area (Å²) in [4.78, 5) is 12.5. The van der Waals surface area contributed by atoms with E-state index in [0.717, 1.165) is 42.7 Å². The van der Waals surface area contributed by atoms with E-state index < -0.39 is 0 Å². The Hall–Kier alpha value is -1.46. The number of ether oxygens (including phenoxy) is 2. The van der Waals surface area contributed by atoms with Crippen molar-refractivity contribution in [2.45, 2.75) is 38.1 Å². The Morgan fingerprint density at radius 1 is 1.21 bits per heavy atom. The lowest BCUT2D eigenvalue weighted by Crippen LogP contribution is -2.47. The summed E-state index contributed by atoms with van der Waals surface area (Å²) in [6.07, 6.45) is 4.22. The van der Waals surface area contributed by atoms with Crippen LogP contribution in [0, 0.1) is 5.92 Å². The summed E-state index contributed by atoms with van der Waals surface area (Å²) in [7, 11) is 1.87. The fourth-order valence-corrected chi connectivity index (χ4v) is 3.56. The summed E-state index contributed by atoms with van der Waals surface area (Å²) in [5.41, 5.74) is 0.860. The second-order valence-electron chi connectivity index (χ2n) is 6.60. The summed E-state index contributed by atoms with van der Waals surface area (Å²) in [6, 6.07) is 6.08. The van der Waals surface area contributed by atoms with E-state index in [4.69, 9.17) is 9.47 Å². The summed E-state index contributed by atoms with van der Waals surface area (Å²) in [6.45, 7) is 3.81. The largest absolute Gasteiger partial charge is 0.486 e. The van der Waals surface area contributed by atoms with Crippen molar-refractivity contribution >= 4 is 18.3 Å². The number of fused-ring (bicyclic) bond motifs is 1. The lowest BCUT2D eigenvalue weighted by Gasteiger charge is -2.33. The molecular weight excluding hydrogens is 328 g/mol. The Balaban J connectivity index is 0.00000208. The van der Waals surface area contributed by atoms with Crippen LogP contribution in [-0.4, -0.2) is 32.7 Å². The normalized spacial score (nSPS) is 19.2. The third-order valence-corrected chi connectivity index (χ3v) is 4.87. The van der Waals surface area contributed by atoms with Crippen LogP contribution < -0.4 is 20.1 Å². The van der Waals surface area contributed by atoms with Crippen molar-refractivity contribution in [2.75, 3.05) is 26.8 Å². The molecule has 1 aliphatic carbocycles. The van der Waals surface area contributed by atoms with Crippen molar-refractivity contribution in [3.63, 3.8) is 0 Å². The zero-order valence-corrected chi connectivity index (χ0v) is 15.2. The van der Waals surface area contributed by atoms with Crippen molar-refractivity contribution in [3.05, 3.63) is 23.8 Å². The zero-order valence-electron chi connectivity index (χ0n) is 14.4. The third kappa shape index (κ3) is 3.78. The zero-order chi connectivity index (χ0) is 16.3. The molecule has 1 atom stereocenters. The van der Waals surface area contributed by atoms with Gasteiger partial charge in [0.05, 0.1) is 5.54 Å². The van der Waals surface area contributed by atoms with Gasteiger partial charge in [0.15, 0.2) is 11.5 Å². The Morgan fingerprint density at radius 2 is 1.88 bits per heavy atom. The molecule has 0 saturated heterocycles. The van der Waals surface area contributed by atoms with E-state index in [2.05, 4.69) is 16.7 Å². The Kier molecular flexibility index (Phi) is 6.35. The lowest BCUT2D eigenvalue weighted by atomic mass is 9.87. The number of benzene rings is 1. The Bertz CT molecular complexity index is 573. The first kappa shape index (κ1) is 18.9. The van der Waals surface area contributed by atoms with Crippen molar-refractivity contribution in [1.29, 1.82) is 0 Å². The molecule has 2 aliphatic rings. The van der Waals surface area contributed by atoms with Crippen LogP contribution in [0.25, 0.3) is 0 Å². The van der Waals surface area contributed by atoms with Crippen LogP contribution in [0.2, 0.25) is 0 Å². The molecule has 0 spiro atoms. The number of halogens is 1. The predicted molar refractivity (Wildman–Crippen MR) is 96.1 cm³/mol. The van der Waals surface area contributed by atoms with Gasteiger partial charge in [-0.3, -0.25) is 4.79 Å². The highest BCUT2D eigenvalue weighted by Gasteiger charge is 2.38. The highest BCUT2D eigenvalue weighted by Crippen LogP contribution is 2.42. The molecule has 24 heavy (non-hydrogen) atoms. The van der Waals surface area contributed by atoms with Crippen LogP contribution >= 0.6 is 12.4 Å². The Morgan fingerprint density at radius 3 is 2.54 bits per heavy atom. The smallest absolute Gasteiger partial charge is 0.224 e. The van der Waals surface area contributed by atoms with Crippen LogP contribution in [0.1, 0.15) is 38.2 Å². The van der Waals surface area contributed by atoms with E-state index in [1.807, 2.05) is 26.1 Å². The molecule has 1 unspecified atom stereocenters. The van der Waals surface area contributed by atoms with Crippen LogP contribution in [0.4, 0.5) is 0 Å². The molecule has 0 radical (unpaired) electrons. The van der Waals surface area contributed by atoms with Gasteiger partial charge >= 0.3 is 0 Å². The van der Waals surface area contributed by atoms with Gasteiger partial charge in [-0.15, -0.1) is 12.4 Å². The van der Waals surface area contributed by atoms with Gasteiger partial charge in [0.25, 0.3) is 0 Å². The maximum Gasteiger partial charge on any atom is 0.224 e. The third-order valence-electron chi connectivity index (χ3n) is 4.87. The van der Waals surface area contributed by atoms with Crippen molar-refractivity contribution < 1.29 is 14.3 Å². The standard InChI is InChI=1S/C18H26N2O3.ClH/c1-13(12-19-2)17(21)20-18(7-3-4-8-18)14-5-6-15-16(11-14)23-10-9-22-15;/h5-6,11,13,19H,3-4,7-10,12H2,1-2H3,(H,20,21);1H. The quantitative estimate of drug-likeness (QED) is 0.853. The minimum Gasteiger partial charge on any atom is -0.486 e. The molecule has 1 aromatic carbocycles. The van der Waals surface area contributed by atoms with E-state index in [0.29, 0.717) is 19.8 Å². The van der Waals surface area contributed by atoms with E-state index in [9.17, 15) is 4.79 Å². The molecule has 2 N–H and O–H groups in total. The lowest BCUT2D eigenvalue weighted by molar-refractivity contribution is -0.126. The average molecular weight is 355 g/mol. The fourth-order valence-electron chi connectivity index (χ4n) is 3.56. The van der Waals surface area contributed by atoms with E-state index in [-0.39, 0.29) is 29.8 Å². The summed E-state index contributed by atoms with van der Waals surface area (Å²) >= 11 is 0. The van der Waals surface area contributed by atoms with E-state index in [1.54, 1.807) is 0 Å². The molecule has 1 fully saturated rings. The molecule has 5 nitrogen and oxygen atoms in total. The first-order chi connectivity index (χ1) is 11.1. The van der Waals surface area contributed by atoms with Crippen LogP contribution in [0.15, 0.2) is 18.2 Å². The average Bonchev–Trinajstić information content (AvgIpc) is 3.04. The summed E-state index contributed by atoms with van der Waals surface area (Å²) in [5.74, 6) is 1.64. The molecule has 1 heterocycles. The van der Waals surface area contributed by atoms with Crippen molar-refractivity contribution in [2.24, 2.45) is 5.92 Å². The van der Waals surface area contributed by atoms with Gasteiger partial charge in [0.1, 0.15) is 13.2 Å². The van der Waals surface area contributed by atoms with Crippen LogP contribution in [0.3, 0.4) is 0 Å². The molecule has 1 amide bonds. The van der Waals surface area contributed by atoms with Gasteiger partial charge in [0.2, 0.25) is 5.91 Å². The van der Waals surface area contributed by atoms with Crippen LogP contribution in [0.5, 0.6) is 11.5 Å². The minimum atomic E-state index is -0.269. The number of hydrogen-bond acceptors (Lipinski definition) is 4. The highest BCUT2D eigenvalue weighted by molar-refractivity contribution is 5.85. The maximum atomic E-state index is 12.5. The van der Waals surface area contributed by atoms with E-state index in [1.165, 1.54) is 0 Å². The molecule has 6 heteroatoms. The second kappa shape index (κ2) is 8.08. The number of carbonyl (C=O) groups is 1. The van der Waals surface area contributed by atoms with Crippen molar-refractivity contribution in [3.8, 4) is 11.5 Å². The topological polar surface area (TPSA) is 59.6 Å². The van der Waals surface area contributed by atoms with E-state index >= 15 is 0 Å². The Labute approximate surface area is 149 Å². The first-order valence-corrected chi connectivity index (χ1v) is 8.51. The number of amides is 1. The molecule has 1 aliphatic heterocycles. The van der Waals surface area contributed by atoms with Gasteiger partial charge < -0.3 is 20.1 Å². The van der Waals surface area contributed by atoms with Gasteiger partial charge in [-0.25, -0.2) is 0 Å². The van der Waals surface area contributed by atoms with Crippen LogP contribution in [-0.2, 0) is 10.3 Å². The maximum absolute atomic E-state index is 12.5. The van der Waals surface area contributed by atoms with Gasteiger partial charge in [-0.2, -0.15) is 0 Å². The number of carbonyl (C=O) groups excluding carboxylic acids is 1. The molecule has 1 saturated carbocycles. The first-order valence-electron chi connectivity index (χ1n) is 8.51. The molecule has 1 aromatic rings. The molecule has 0 aromatic heterocycles. The summed E-state index contributed by atoms with van der Waals surface area (Å²) in [5, 5.41) is 6.39. The molecular formula is C18H27ClN2O3. The second-order valence-corrected chi connectivity index (χ2v) is 6.60. The SMILES string of the molecule is CNCC(C)C(=O)NC1(c2ccc3c(c2)OCCO3)CCCC1.Cl. The number of rotatable bonds is 5. The molecule has 3 rings (SSSR count). The number of nitrogens with one attached hydrogen (secondary N) is 2. The molecule has 134 valence electrons. The predicted octanol–water partition coefficient (Wildman–Crippen LogP) is 2.62. The van der Waals surface area contributed by atoms with Gasteiger partial charge in [0, 0.05) is 12.5 Å². The summed E-state index contributed by atoms with van der Waals surface area (Å²) < 4.78 is 11.3. The highest BCUT2D eigenvalue weighted by atomic mass is 35.5. The minimum absolute atomic E-state index is 0. The molecule has 0 bridgehead atoms. The van der Waals surface area contributed by atoms with Gasteiger partial charge in [-0.05, 0) is 37.6 Å². The number of hydrogen-bond donors (Lipinski definition) is 2. The fraction of sp³-hybridized carbons (Fsp3) is 0.611. The monoisotopic (exact) mass is 354 g/mol.